The fourth-order valence-corrected chi connectivity index (χ4v) is 3.99. The van der Waals surface area contributed by atoms with Crippen LogP contribution >= 0.6 is 0 Å². The van der Waals surface area contributed by atoms with E-state index in [4.69, 9.17) is 9.47 Å². The Hall–Kier alpha value is -2.31. The molecule has 0 fully saturated rings. The molecule has 0 aliphatic heterocycles. The summed E-state index contributed by atoms with van der Waals surface area (Å²) in [4.78, 5) is 0. The van der Waals surface area contributed by atoms with E-state index in [9.17, 15) is 22.0 Å². The van der Waals surface area contributed by atoms with Crippen molar-refractivity contribution >= 4 is 0 Å². The highest BCUT2D eigenvalue weighted by molar-refractivity contribution is 5.43. The molecule has 0 radical (unpaired) electrons. The Morgan fingerprint density at radius 2 is 1.23 bits per heavy atom. The average molecular weight is 430 g/mol. The van der Waals surface area contributed by atoms with Crippen molar-refractivity contribution in [2.75, 3.05) is 14.2 Å². The van der Waals surface area contributed by atoms with Gasteiger partial charge in [0.15, 0.2) is 34.8 Å². The molecule has 7 heteroatoms. The Labute approximate surface area is 174 Å². The number of hydrogen-bond donors (Lipinski definition) is 0. The number of halogens is 5. The highest BCUT2D eigenvalue weighted by Gasteiger charge is 2.48. The molecule has 2 aromatic carbocycles. The molecule has 2 aromatic rings. The highest BCUT2D eigenvalue weighted by Crippen LogP contribution is 2.50. The maximum atomic E-state index is 14.8. The van der Waals surface area contributed by atoms with Crippen molar-refractivity contribution in [1.29, 1.82) is 0 Å². The van der Waals surface area contributed by atoms with Gasteiger partial charge in [-0.2, -0.15) is 0 Å². The van der Waals surface area contributed by atoms with Crippen molar-refractivity contribution in [3.63, 3.8) is 0 Å². The van der Waals surface area contributed by atoms with Gasteiger partial charge in [0.1, 0.15) is 0 Å². The molecular formula is C23H27F5O2. The van der Waals surface area contributed by atoms with Gasteiger partial charge in [0.05, 0.1) is 14.2 Å². The zero-order chi connectivity index (χ0) is 23.0. The predicted octanol–water partition coefficient (Wildman–Crippen LogP) is 6.58. The van der Waals surface area contributed by atoms with E-state index in [2.05, 4.69) is 0 Å². The summed E-state index contributed by atoms with van der Waals surface area (Å²) < 4.78 is 81.7. The SMILES string of the molecule is COc1ccc(CC(C)C(C)(c2c(F)c(F)c(F)c(F)c2F)C(C)(C)C)cc1OC. The van der Waals surface area contributed by atoms with Crippen LogP contribution in [0, 0.1) is 40.4 Å². The van der Waals surface area contributed by atoms with Crippen molar-refractivity contribution in [3.8, 4) is 11.5 Å². The molecule has 30 heavy (non-hydrogen) atoms. The third-order valence-electron chi connectivity index (χ3n) is 6.26. The van der Waals surface area contributed by atoms with Crippen LogP contribution in [-0.2, 0) is 11.8 Å². The predicted molar refractivity (Wildman–Crippen MR) is 105 cm³/mol. The van der Waals surface area contributed by atoms with Crippen LogP contribution in [0.25, 0.3) is 0 Å². The monoisotopic (exact) mass is 430 g/mol. The molecular weight excluding hydrogens is 403 g/mol. The van der Waals surface area contributed by atoms with Gasteiger partial charge in [-0.3, -0.25) is 0 Å². The summed E-state index contributed by atoms with van der Waals surface area (Å²) in [5.41, 5.74) is -2.23. The number of benzene rings is 2. The van der Waals surface area contributed by atoms with Crippen molar-refractivity contribution < 1.29 is 31.4 Å². The fourth-order valence-electron chi connectivity index (χ4n) is 3.99. The summed E-state index contributed by atoms with van der Waals surface area (Å²) in [5.74, 6) is -9.09. The van der Waals surface area contributed by atoms with Crippen molar-refractivity contribution in [2.24, 2.45) is 11.3 Å². The van der Waals surface area contributed by atoms with Crippen LogP contribution in [0.4, 0.5) is 22.0 Å². The summed E-state index contributed by atoms with van der Waals surface area (Å²) in [6.45, 7) is 8.43. The number of ether oxygens (including phenoxy) is 2. The fraction of sp³-hybridized carbons (Fsp3) is 0.478. The van der Waals surface area contributed by atoms with Gasteiger partial charge in [-0.05, 0) is 35.4 Å². The van der Waals surface area contributed by atoms with Gasteiger partial charge in [0.2, 0.25) is 5.82 Å². The van der Waals surface area contributed by atoms with Crippen molar-refractivity contribution in [3.05, 3.63) is 58.4 Å². The summed E-state index contributed by atoms with van der Waals surface area (Å²) in [5, 5.41) is 0. The van der Waals surface area contributed by atoms with E-state index in [1.165, 1.54) is 21.1 Å². The van der Waals surface area contributed by atoms with Gasteiger partial charge in [-0.15, -0.1) is 0 Å². The minimum Gasteiger partial charge on any atom is -0.493 e. The Kier molecular flexibility index (Phi) is 6.74. The van der Waals surface area contributed by atoms with Gasteiger partial charge in [0, 0.05) is 11.0 Å². The first-order chi connectivity index (χ1) is 13.8. The van der Waals surface area contributed by atoms with E-state index in [0.717, 1.165) is 5.56 Å². The van der Waals surface area contributed by atoms with E-state index in [0.29, 0.717) is 17.9 Å². The lowest BCUT2D eigenvalue weighted by Crippen LogP contribution is -2.45. The van der Waals surface area contributed by atoms with Crippen molar-refractivity contribution in [2.45, 2.75) is 46.5 Å². The smallest absolute Gasteiger partial charge is 0.200 e. The molecule has 2 rings (SSSR count). The molecule has 0 aliphatic carbocycles. The molecule has 0 aliphatic rings. The molecule has 0 heterocycles. The lowest BCUT2D eigenvalue weighted by molar-refractivity contribution is 0.118. The quantitative estimate of drug-likeness (QED) is 0.293. The van der Waals surface area contributed by atoms with Gasteiger partial charge >= 0.3 is 0 Å². The third kappa shape index (κ3) is 3.86. The van der Waals surface area contributed by atoms with Crippen LogP contribution in [0.2, 0.25) is 0 Å². The lowest BCUT2D eigenvalue weighted by Gasteiger charge is -2.47. The van der Waals surface area contributed by atoms with Gasteiger partial charge in [-0.25, -0.2) is 22.0 Å². The van der Waals surface area contributed by atoms with Crippen molar-refractivity contribution in [1.82, 2.24) is 0 Å². The first-order valence-electron chi connectivity index (χ1n) is 9.54. The zero-order valence-electron chi connectivity index (χ0n) is 18.2. The van der Waals surface area contributed by atoms with Gasteiger partial charge in [0.25, 0.3) is 0 Å². The number of rotatable bonds is 6. The minimum atomic E-state index is -2.16. The topological polar surface area (TPSA) is 18.5 Å². The molecule has 0 saturated carbocycles. The highest BCUT2D eigenvalue weighted by atomic mass is 19.2. The number of methoxy groups -OCH3 is 2. The molecule has 0 spiro atoms. The molecule has 0 amide bonds. The second-order valence-electron chi connectivity index (χ2n) is 8.69. The lowest BCUT2D eigenvalue weighted by atomic mass is 9.56. The molecule has 166 valence electrons. The Balaban J connectivity index is 2.64. The summed E-state index contributed by atoms with van der Waals surface area (Å²) >= 11 is 0. The largest absolute Gasteiger partial charge is 0.493 e. The second kappa shape index (κ2) is 8.44. The van der Waals surface area contributed by atoms with E-state index in [1.54, 1.807) is 45.9 Å². The molecule has 0 aromatic heterocycles. The van der Waals surface area contributed by atoms with Gasteiger partial charge < -0.3 is 9.47 Å². The molecule has 0 N–H and O–H groups in total. The van der Waals surface area contributed by atoms with Crippen LogP contribution in [0.3, 0.4) is 0 Å². The maximum Gasteiger partial charge on any atom is 0.200 e. The molecule has 2 atom stereocenters. The Morgan fingerprint density at radius 3 is 1.67 bits per heavy atom. The van der Waals surface area contributed by atoms with Crippen LogP contribution in [0.1, 0.15) is 45.7 Å². The minimum absolute atomic E-state index is 0.313. The van der Waals surface area contributed by atoms with Gasteiger partial charge in [-0.1, -0.05) is 40.7 Å². The summed E-state index contributed by atoms with van der Waals surface area (Å²) in [7, 11) is 2.99. The first kappa shape index (κ1) is 24.0. The standard InChI is InChI=1S/C23H27F5O2/c1-12(10-13-8-9-14(29-6)15(11-13)30-7)23(5,22(2,3)4)16-17(24)19(26)21(28)20(27)18(16)25/h8-9,11-12H,10H2,1-7H3. The van der Waals surface area contributed by atoms with Crippen LogP contribution in [-0.4, -0.2) is 14.2 Å². The first-order valence-corrected chi connectivity index (χ1v) is 9.54. The molecule has 2 unspecified atom stereocenters. The Morgan fingerprint density at radius 1 is 0.767 bits per heavy atom. The van der Waals surface area contributed by atoms with E-state index in [-0.39, 0.29) is 0 Å². The average Bonchev–Trinajstić information content (AvgIpc) is 2.69. The number of hydrogen-bond acceptors (Lipinski definition) is 2. The summed E-state index contributed by atoms with van der Waals surface area (Å²) in [6, 6.07) is 5.21. The van der Waals surface area contributed by atoms with Crippen LogP contribution in [0.5, 0.6) is 11.5 Å². The van der Waals surface area contributed by atoms with E-state index >= 15 is 0 Å². The van der Waals surface area contributed by atoms with E-state index in [1.807, 2.05) is 0 Å². The third-order valence-corrected chi connectivity index (χ3v) is 6.26. The molecule has 0 saturated heterocycles. The van der Waals surface area contributed by atoms with Crippen LogP contribution < -0.4 is 9.47 Å². The zero-order valence-corrected chi connectivity index (χ0v) is 18.2. The maximum absolute atomic E-state index is 14.8. The second-order valence-corrected chi connectivity index (χ2v) is 8.69. The van der Waals surface area contributed by atoms with Crippen LogP contribution in [0.15, 0.2) is 18.2 Å². The Bertz CT molecular complexity index is 907. The molecule has 0 bridgehead atoms. The summed E-state index contributed by atoms with van der Waals surface area (Å²) in [6.07, 6.45) is 0.313. The molecule has 2 nitrogen and oxygen atoms in total. The van der Waals surface area contributed by atoms with E-state index < -0.39 is 51.4 Å². The normalized spacial score (nSPS) is 14.9.